The molecular weight excluding hydrogens is 418 g/mol. The molecule has 4 heterocycles. The van der Waals surface area contributed by atoms with Crippen LogP contribution in [0, 0.1) is 5.41 Å². The van der Waals surface area contributed by atoms with E-state index in [1.54, 1.807) is 29.2 Å². The highest BCUT2D eigenvalue weighted by Crippen LogP contribution is 2.50. The van der Waals surface area contributed by atoms with Crippen LogP contribution in [-0.4, -0.2) is 50.4 Å². The number of benzene rings is 1. The fraction of sp³-hybridized carbons (Fsp3) is 0.480. The van der Waals surface area contributed by atoms with Gasteiger partial charge in [-0.3, -0.25) is 4.79 Å². The number of anilines is 2. The third-order valence-electron chi connectivity index (χ3n) is 7.46. The highest BCUT2D eigenvalue weighted by atomic mass is 16.5. The van der Waals surface area contributed by atoms with E-state index < -0.39 is 0 Å². The second-order valence-electron chi connectivity index (χ2n) is 10.5. The Labute approximate surface area is 192 Å². The largest absolute Gasteiger partial charge is 0.487 e. The lowest BCUT2D eigenvalue weighted by molar-refractivity contribution is -0.0463. The number of hydrogen-bond acceptors (Lipinski definition) is 6. The van der Waals surface area contributed by atoms with Gasteiger partial charge in [-0.2, -0.15) is 5.10 Å². The number of piperidine rings is 1. The molecule has 1 amide bonds. The minimum absolute atomic E-state index is 0.138. The summed E-state index contributed by atoms with van der Waals surface area (Å²) in [5.41, 5.74) is 3.89. The average molecular weight is 448 g/mol. The zero-order valence-corrected chi connectivity index (χ0v) is 19.0. The molecule has 2 aromatic heterocycles. The molecule has 172 valence electrons. The van der Waals surface area contributed by atoms with Crippen molar-refractivity contribution < 1.29 is 14.6 Å². The van der Waals surface area contributed by atoms with Crippen molar-refractivity contribution in [3.63, 3.8) is 0 Å². The van der Waals surface area contributed by atoms with E-state index in [4.69, 9.17) is 4.74 Å². The maximum atomic E-state index is 13.3. The molecule has 1 aliphatic carbocycles. The van der Waals surface area contributed by atoms with Gasteiger partial charge >= 0.3 is 0 Å². The number of aliphatic hydroxyl groups excluding tert-OH is 1. The minimum Gasteiger partial charge on any atom is -0.487 e. The molecule has 2 N–H and O–H groups in total. The van der Waals surface area contributed by atoms with Crippen LogP contribution in [0.25, 0.3) is 5.65 Å². The molecule has 1 aromatic carbocycles. The van der Waals surface area contributed by atoms with Crippen molar-refractivity contribution in [2.45, 2.75) is 57.7 Å². The lowest BCUT2D eigenvalue weighted by Crippen LogP contribution is -2.49. The van der Waals surface area contributed by atoms with Crippen LogP contribution in [0.15, 0.2) is 36.8 Å². The van der Waals surface area contributed by atoms with Crippen LogP contribution in [0.3, 0.4) is 0 Å². The monoisotopic (exact) mass is 447 g/mol. The molecule has 1 saturated heterocycles. The molecule has 6 rings (SSSR count). The Hall–Kier alpha value is -3.13. The molecule has 0 unspecified atom stereocenters. The van der Waals surface area contributed by atoms with Gasteiger partial charge in [0, 0.05) is 43.5 Å². The molecule has 1 saturated carbocycles. The maximum Gasteiger partial charge on any atom is 0.261 e. The number of ether oxygens (including phenoxy) is 1. The predicted molar refractivity (Wildman–Crippen MR) is 125 cm³/mol. The highest BCUT2D eigenvalue weighted by molar-refractivity contribution is 6.09. The van der Waals surface area contributed by atoms with Gasteiger partial charge in [0.05, 0.1) is 23.7 Å². The molecule has 0 radical (unpaired) electrons. The summed E-state index contributed by atoms with van der Waals surface area (Å²) in [6, 6.07) is 5.93. The van der Waals surface area contributed by atoms with Gasteiger partial charge in [-0.05, 0) is 57.1 Å². The van der Waals surface area contributed by atoms with E-state index >= 15 is 0 Å². The van der Waals surface area contributed by atoms with E-state index in [0.717, 1.165) is 67.9 Å². The van der Waals surface area contributed by atoms with Gasteiger partial charge in [0.1, 0.15) is 16.9 Å². The molecule has 3 aliphatic rings. The third-order valence-corrected chi connectivity index (χ3v) is 7.46. The van der Waals surface area contributed by atoms with E-state index in [0.29, 0.717) is 11.2 Å². The van der Waals surface area contributed by atoms with Gasteiger partial charge in [-0.25, -0.2) is 9.50 Å². The van der Waals surface area contributed by atoms with Crippen molar-refractivity contribution in [3.8, 4) is 5.75 Å². The van der Waals surface area contributed by atoms with Crippen molar-refractivity contribution >= 4 is 22.9 Å². The van der Waals surface area contributed by atoms with E-state index in [-0.39, 0.29) is 23.0 Å². The standard InChI is InChI=1S/C25H29N5O3/c1-24(2)12-16-10-19(28-23(32)18-15-27-30-7-3-6-26-22(18)30)20(11-21(16)33-24)29-8-4-25(5-9-29)13-17(31)14-25/h3,6-7,10-11,15,17,31H,4-5,8-9,12-14H2,1-2H3,(H,28,32). The smallest absolute Gasteiger partial charge is 0.261 e. The normalized spacial score (nSPS) is 21.0. The third kappa shape index (κ3) is 3.53. The number of aliphatic hydroxyl groups is 1. The van der Waals surface area contributed by atoms with E-state index in [2.05, 4.69) is 46.3 Å². The number of carbonyl (C=O) groups excluding carboxylic acids is 1. The summed E-state index contributed by atoms with van der Waals surface area (Å²) < 4.78 is 7.81. The van der Waals surface area contributed by atoms with Crippen LogP contribution < -0.4 is 15.0 Å². The van der Waals surface area contributed by atoms with E-state index in [1.165, 1.54) is 0 Å². The first-order valence-corrected chi connectivity index (χ1v) is 11.7. The summed E-state index contributed by atoms with van der Waals surface area (Å²) in [6.45, 7) is 5.97. The molecule has 0 atom stereocenters. The van der Waals surface area contributed by atoms with Crippen molar-refractivity contribution in [1.82, 2.24) is 14.6 Å². The highest BCUT2D eigenvalue weighted by Gasteiger charge is 2.45. The first kappa shape index (κ1) is 20.5. The maximum absolute atomic E-state index is 13.3. The van der Waals surface area contributed by atoms with Crippen molar-refractivity contribution in [2.75, 3.05) is 23.3 Å². The van der Waals surface area contributed by atoms with Gasteiger partial charge < -0.3 is 20.1 Å². The summed E-state index contributed by atoms with van der Waals surface area (Å²) in [6.07, 6.45) is 9.59. The van der Waals surface area contributed by atoms with Gasteiger partial charge in [-0.15, -0.1) is 0 Å². The number of fused-ring (bicyclic) bond motifs is 2. The number of hydrogen-bond donors (Lipinski definition) is 2. The fourth-order valence-electron chi connectivity index (χ4n) is 5.75. The Morgan fingerprint density at radius 1 is 1.24 bits per heavy atom. The summed E-state index contributed by atoms with van der Waals surface area (Å²) in [5, 5.41) is 17.2. The van der Waals surface area contributed by atoms with Crippen LogP contribution in [0.1, 0.15) is 55.5 Å². The Morgan fingerprint density at radius 3 is 2.79 bits per heavy atom. The second kappa shape index (κ2) is 7.18. The lowest BCUT2D eigenvalue weighted by atomic mass is 9.61. The predicted octanol–water partition coefficient (Wildman–Crippen LogP) is 3.44. The second-order valence-corrected chi connectivity index (χ2v) is 10.5. The Bertz CT molecular complexity index is 1230. The average Bonchev–Trinajstić information content (AvgIpc) is 3.32. The van der Waals surface area contributed by atoms with Gasteiger partial charge in [0.2, 0.25) is 0 Å². The van der Waals surface area contributed by atoms with Gasteiger partial charge in [-0.1, -0.05) is 0 Å². The van der Waals surface area contributed by atoms with Crippen LogP contribution in [-0.2, 0) is 6.42 Å². The summed E-state index contributed by atoms with van der Waals surface area (Å²) >= 11 is 0. The summed E-state index contributed by atoms with van der Waals surface area (Å²) in [5.74, 6) is 0.670. The number of amides is 1. The summed E-state index contributed by atoms with van der Waals surface area (Å²) in [7, 11) is 0. The number of nitrogens with zero attached hydrogens (tertiary/aromatic N) is 4. The molecule has 8 heteroatoms. The molecule has 3 aromatic rings. The molecule has 1 spiro atoms. The molecular formula is C25H29N5O3. The number of rotatable bonds is 3. The van der Waals surface area contributed by atoms with Crippen molar-refractivity contribution in [1.29, 1.82) is 0 Å². The van der Waals surface area contributed by atoms with E-state index in [9.17, 15) is 9.90 Å². The minimum atomic E-state index is -0.261. The van der Waals surface area contributed by atoms with Crippen LogP contribution >= 0.6 is 0 Å². The fourth-order valence-corrected chi connectivity index (χ4v) is 5.75. The van der Waals surface area contributed by atoms with Gasteiger partial charge in [0.15, 0.2) is 5.65 Å². The lowest BCUT2D eigenvalue weighted by Gasteiger charge is -2.51. The molecule has 2 fully saturated rings. The molecule has 8 nitrogen and oxygen atoms in total. The Kier molecular flexibility index (Phi) is 4.46. The molecule has 2 aliphatic heterocycles. The Balaban J connectivity index is 1.32. The zero-order valence-electron chi connectivity index (χ0n) is 19.0. The number of aromatic nitrogens is 3. The first-order valence-electron chi connectivity index (χ1n) is 11.7. The number of nitrogens with one attached hydrogen (secondary N) is 1. The SMILES string of the molecule is CC1(C)Cc2cc(NC(=O)c3cnn4cccnc34)c(N3CCC4(CC3)CC(O)C4)cc2O1. The quantitative estimate of drug-likeness (QED) is 0.639. The molecule has 0 bridgehead atoms. The van der Waals surface area contributed by atoms with Crippen molar-refractivity contribution in [3.05, 3.63) is 47.9 Å². The van der Waals surface area contributed by atoms with Crippen LogP contribution in [0.2, 0.25) is 0 Å². The van der Waals surface area contributed by atoms with Gasteiger partial charge in [0.25, 0.3) is 5.91 Å². The van der Waals surface area contributed by atoms with Crippen LogP contribution in [0.4, 0.5) is 11.4 Å². The molecule has 33 heavy (non-hydrogen) atoms. The first-order chi connectivity index (χ1) is 15.8. The topological polar surface area (TPSA) is 92.0 Å². The van der Waals surface area contributed by atoms with Crippen molar-refractivity contribution in [2.24, 2.45) is 5.41 Å². The van der Waals surface area contributed by atoms with Crippen LogP contribution in [0.5, 0.6) is 5.75 Å². The zero-order chi connectivity index (χ0) is 22.8. The Morgan fingerprint density at radius 2 is 2.03 bits per heavy atom. The summed E-state index contributed by atoms with van der Waals surface area (Å²) in [4.78, 5) is 19.9. The van der Waals surface area contributed by atoms with E-state index in [1.807, 2.05) is 0 Å². The number of carbonyl (C=O) groups is 1.